The predicted octanol–water partition coefficient (Wildman–Crippen LogP) is 4.65. The Bertz CT molecular complexity index is 875. The van der Waals surface area contributed by atoms with E-state index in [-0.39, 0.29) is 17.0 Å². The van der Waals surface area contributed by atoms with Gasteiger partial charge in [0.25, 0.3) is 0 Å². The second-order valence-corrected chi connectivity index (χ2v) is 9.96. The zero-order chi connectivity index (χ0) is 20.3. The standard InChI is InChI=1S/C20H27F2NO4S/c1-20-8-7-12-13(15(20)5-6-16(20)19(21)22)4-3-11-9-17(23-28(24,25)26)18(27-2)10-14(11)12/h9-10,12-13,15-16,19,23H,3-8H2,1-2H3,(H,24,25,26)/t12?,13?,15?,16-,20+/m1/s1. The summed E-state index contributed by atoms with van der Waals surface area (Å²) >= 11 is 0. The number of methoxy groups -OCH3 is 1. The second-order valence-electron chi connectivity index (χ2n) is 8.81. The molecule has 8 heteroatoms. The summed E-state index contributed by atoms with van der Waals surface area (Å²) in [6, 6.07) is 3.60. The molecular weight excluding hydrogens is 388 g/mol. The van der Waals surface area contributed by atoms with Crippen molar-refractivity contribution in [2.75, 3.05) is 11.8 Å². The van der Waals surface area contributed by atoms with Crippen LogP contribution in [0.1, 0.15) is 56.1 Å². The van der Waals surface area contributed by atoms with Crippen molar-refractivity contribution in [3.05, 3.63) is 23.3 Å². The van der Waals surface area contributed by atoms with Crippen LogP contribution in [-0.4, -0.2) is 26.5 Å². The van der Waals surface area contributed by atoms with Crippen LogP contribution in [-0.2, 0) is 16.7 Å². The summed E-state index contributed by atoms with van der Waals surface area (Å²) in [6.45, 7) is 2.06. The molecule has 0 bridgehead atoms. The van der Waals surface area contributed by atoms with Gasteiger partial charge in [-0.2, -0.15) is 8.42 Å². The highest BCUT2D eigenvalue weighted by Crippen LogP contribution is 2.64. The van der Waals surface area contributed by atoms with Crippen LogP contribution in [0.15, 0.2) is 12.1 Å². The molecule has 156 valence electrons. The number of benzene rings is 1. The minimum absolute atomic E-state index is 0.224. The molecule has 0 amide bonds. The summed E-state index contributed by atoms with van der Waals surface area (Å²) in [5, 5.41) is 0. The molecule has 3 aliphatic rings. The van der Waals surface area contributed by atoms with Gasteiger partial charge in [-0.25, -0.2) is 8.78 Å². The predicted molar refractivity (Wildman–Crippen MR) is 102 cm³/mol. The van der Waals surface area contributed by atoms with E-state index in [1.54, 1.807) is 6.07 Å². The zero-order valence-corrected chi connectivity index (χ0v) is 16.9. The molecule has 0 spiro atoms. The molecule has 5 atom stereocenters. The van der Waals surface area contributed by atoms with Crippen LogP contribution in [0, 0.1) is 23.2 Å². The Morgan fingerprint density at radius 2 is 2.00 bits per heavy atom. The van der Waals surface area contributed by atoms with E-state index in [1.165, 1.54) is 7.11 Å². The highest BCUT2D eigenvalue weighted by molar-refractivity contribution is 7.87. The van der Waals surface area contributed by atoms with Crippen LogP contribution in [0.3, 0.4) is 0 Å². The van der Waals surface area contributed by atoms with Crippen molar-refractivity contribution in [3.63, 3.8) is 0 Å². The van der Waals surface area contributed by atoms with E-state index in [1.807, 2.05) is 6.07 Å². The molecule has 28 heavy (non-hydrogen) atoms. The number of fused-ring (bicyclic) bond motifs is 5. The molecule has 0 radical (unpaired) electrons. The third-order valence-electron chi connectivity index (χ3n) is 7.66. The molecule has 5 nitrogen and oxygen atoms in total. The van der Waals surface area contributed by atoms with Crippen molar-refractivity contribution in [2.24, 2.45) is 23.2 Å². The Morgan fingerprint density at radius 1 is 1.25 bits per heavy atom. The lowest BCUT2D eigenvalue weighted by Crippen LogP contribution is -2.43. The maximum atomic E-state index is 13.6. The third-order valence-corrected chi connectivity index (χ3v) is 8.14. The smallest absolute Gasteiger partial charge is 0.357 e. The Kier molecular flexibility index (Phi) is 4.85. The highest BCUT2D eigenvalue weighted by atomic mass is 32.2. The first-order chi connectivity index (χ1) is 13.1. The molecule has 3 aliphatic carbocycles. The van der Waals surface area contributed by atoms with Gasteiger partial charge in [-0.15, -0.1) is 0 Å². The van der Waals surface area contributed by atoms with E-state index >= 15 is 0 Å². The molecule has 2 saturated carbocycles. The fraction of sp³-hybridized carbons (Fsp3) is 0.700. The van der Waals surface area contributed by atoms with E-state index in [0.29, 0.717) is 24.0 Å². The average Bonchev–Trinajstić information content (AvgIpc) is 2.97. The van der Waals surface area contributed by atoms with E-state index in [0.717, 1.165) is 43.2 Å². The van der Waals surface area contributed by atoms with Crippen molar-refractivity contribution < 1.29 is 26.5 Å². The minimum atomic E-state index is -4.39. The molecule has 2 N–H and O–H groups in total. The van der Waals surface area contributed by atoms with E-state index in [4.69, 9.17) is 9.29 Å². The summed E-state index contributed by atoms with van der Waals surface area (Å²) in [5.41, 5.74) is 2.11. The van der Waals surface area contributed by atoms with Crippen LogP contribution in [0.5, 0.6) is 5.75 Å². The van der Waals surface area contributed by atoms with Gasteiger partial charge in [-0.05, 0) is 85.0 Å². The molecular formula is C20H27F2NO4S. The number of anilines is 1. The van der Waals surface area contributed by atoms with Gasteiger partial charge in [-0.1, -0.05) is 6.92 Å². The lowest BCUT2D eigenvalue weighted by Gasteiger charge is -2.51. The van der Waals surface area contributed by atoms with Gasteiger partial charge in [0.05, 0.1) is 12.8 Å². The largest absolute Gasteiger partial charge is 0.495 e. The first-order valence-electron chi connectivity index (χ1n) is 9.88. The van der Waals surface area contributed by atoms with Crippen LogP contribution in [0.4, 0.5) is 14.5 Å². The van der Waals surface area contributed by atoms with Crippen molar-refractivity contribution in [3.8, 4) is 5.75 Å². The second kappa shape index (κ2) is 6.83. The van der Waals surface area contributed by atoms with Crippen LogP contribution < -0.4 is 9.46 Å². The summed E-state index contributed by atoms with van der Waals surface area (Å²) in [5.74, 6) is 0.824. The van der Waals surface area contributed by atoms with Crippen LogP contribution in [0.2, 0.25) is 0 Å². The number of aryl methyl sites for hydroxylation is 1. The number of hydrogen-bond acceptors (Lipinski definition) is 3. The van der Waals surface area contributed by atoms with Crippen molar-refractivity contribution in [2.45, 2.75) is 57.8 Å². The van der Waals surface area contributed by atoms with Gasteiger partial charge in [0.2, 0.25) is 6.43 Å². The van der Waals surface area contributed by atoms with Gasteiger partial charge in [-0.3, -0.25) is 9.27 Å². The van der Waals surface area contributed by atoms with E-state index in [9.17, 15) is 17.2 Å². The molecule has 0 aromatic heterocycles. The molecule has 1 aromatic rings. The number of nitrogens with one attached hydrogen (secondary N) is 1. The molecule has 1 aromatic carbocycles. The van der Waals surface area contributed by atoms with Gasteiger partial charge in [0, 0.05) is 5.92 Å². The fourth-order valence-electron chi connectivity index (χ4n) is 6.44. The molecule has 3 unspecified atom stereocenters. The summed E-state index contributed by atoms with van der Waals surface area (Å²) in [4.78, 5) is 0. The van der Waals surface area contributed by atoms with Gasteiger partial charge in [0.15, 0.2) is 0 Å². The molecule has 4 rings (SSSR count). The highest BCUT2D eigenvalue weighted by Gasteiger charge is 2.56. The van der Waals surface area contributed by atoms with Crippen molar-refractivity contribution >= 4 is 16.0 Å². The maximum Gasteiger partial charge on any atom is 0.357 e. The summed E-state index contributed by atoms with van der Waals surface area (Å²) in [6.07, 6.45) is 2.56. The van der Waals surface area contributed by atoms with E-state index in [2.05, 4.69) is 11.6 Å². The number of halogens is 2. The Morgan fingerprint density at radius 3 is 2.64 bits per heavy atom. The third kappa shape index (κ3) is 3.18. The van der Waals surface area contributed by atoms with Gasteiger partial charge >= 0.3 is 10.3 Å². The van der Waals surface area contributed by atoms with Gasteiger partial charge in [0.1, 0.15) is 5.75 Å². The van der Waals surface area contributed by atoms with Crippen LogP contribution >= 0.6 is 0 Å². The summed E-state index contributed by atoms with van der Waals surface area (Å²) < 4.78 is 66.3. The number of hydrogen-bond donors (Lipinski definition) is 2. The lowest BCUT2D eigenvalue weighted by molar-refractivity contribution is -0.0390. The molecule has 0 saturated heterocycles. The lowest BCUT2D eigenvalue weighted by atomic mass is 9.54. The van der Waals surface area contributed by atoms with Crippen LogP contribution in [0.25, 0.3) is 0 Å². The Labute approximate surface area is 164 Å². The first-order valence-corrected chi connectivity index (χ1v) is 11.3. The molecule has 0 heterocycles. The number of ether oxygens (including phenoxy) is 1. The zero-order valence-electron chi connectivity index (χ0n) is 16.1. The topological polar surface area (TPSA) is 75.6 Å². The van der Waals surface area contributed by atoms with Gasteiger partial charge < -0.3 is 4.74 Å². The summed E-state index contributed by atoms with van der Waals surface area (Å²) in [7, 11) is -2.94. The monoisotopic (exact) mass is 415 g/mol. The number of alkyl halides is 2. The SMILES string of the molecule is COc1cc2c(cc1NS(=O)(=O)O)CCC1C2CC[C@@]2(C)C1CC[C@@H]2C(F)F. The molecule has 0 aliphatic heterocycles. The first kappa shape index (κ1) is 19.9. The van der Waals surface area contributed by atoms with E-state index < -0.39 is 22.6 Å². The van der Waals surface area contributed by atoms with Crippen molar-refractivity contribution in [1.82, 2.24) is 0 Å². The number of rotatable bonds is 4. The fourth-order valence-corrected chi connectivity index (χ4v) is 6.88. The quantitative estimate of drug-likeness (QED) is 0.702. The van der Waals surface area contributed by atoms with Crippen molar-refractivity contribution in [1.29, 1.82) is 0 Å². The minimum Gasteiger partial charge on any atom is -0.495 e. The molecule has 2 fully saturated rings. The Hall–Kier alpha value is -1.41. The normalized spacial score (nSPS) is 34.5. The maximum absolute atomic E-state index is 13.6. The Balaban J connectivity index is 1.68. The average molecular weight is 416 g/mol.